The standard InChI is InChI=1S/C15H16N4O2S2/c1-3-19-14(20)11-8(2)6-22-13(11)16-15(19)23-7-10-17-18-12(21-10)9-4-5-9/h6,9H,3-5,7H2,1-2H3. The molecule has 1 saturated carbocycles. The lowest BCUT2D eigenvalue weighted by molar-refractivity contribution is 0.466. The first-order chi connectivity index (χ1) is 11.2. The van der Waals surface area contributed by atoms with Crippen molar-refractivity contribution in [1.29, 1.82) is 0 Å². The number of hydrogen-bond acceptors (Lipinski definition) is 7. The highest BCUT2D eigenvalue weighted by Crippen LogP contribution is 2.39. The van der Waals surface area contributed by atoms with Gasteiger partial charge in [-0.1, -0.05) is 11.8 Å². The summed E-state index contributed by atoms with van der Waals surface area (Å²) in [6, 6.07) is 0. The maximum absolute atomic E-state index is 12.6. The first kappa shape index (κ1) is 14.9. The van der Waals surface area contributed by atoms with Gasteiger partial charge in [-0.2, -0.15) is 0 Å². The minimum Gasteiger partial charge on any atom is -0.424 e. The van der Waals surface area contributed by atoms with E-state index in [1.807, 2.05) is 19.2 Å². The summed E-state index contributed by atoms with van der Waals surface area (Å²) in [5, 5.41) is 11.6. The Hall–Kier alpha value is -1.67. The Morgan fingerprint density at radius 2 is 2.26 bits per heavy atom. The minimum atomic E-state index is 0.0305. The first-order valence-corrected chi connectivity index (χ1v) is 9.47. The van der Waals surface area contributed by atoms with Crippen LogP contribution in [0.15, 0.2) is 19.7 Å². The Bertz CT molecular complexity index is 923. The van der Waals surface area contributed by atoms with Crippen molar-refractivity contribution in [2.45, 2.75) is 50.1 Å². The molecule has 0 aliphatic heterocycles. The first-order valence-electron chi connectivity index (χ1n) is 7.61. The molecule has 3 heterocycles. The fourth-order valence-electron chi connectivity index (χ4n) is 2.48. The van der Waals surface area contributed by atoms with Crippen LogP contribution in [0.1, 0.15) is 43.0 Å². The van der Waals surface area contributed by atoms with Crippen molar-refractivity contribution in [3.05, 3.63) is 33.1 Å². The highest BCUT2D eigenvalue weighted by atomic mass is 32.2. The number of thioether (sulfide) groups is 1. The molecule has 1 aliphatic carbocycles. The third-order valence-corrected chi connectivity index (χ3v) is 5.84. The van der Waals surface area contributed by atoms with Gasteiger partial charge >= 0.3 is 0 Å². The van der Waals surface area contributed by atoms with E-state index in [0.29, 0.717) is 29.3 Å². The number of fused-ring (bicyclic) bond motifs is 1. The molecule has 0 spiro atoms. The fourth-order valence-corrected chi connectivity index (χ4v) is 4.34. The van der Waals surface area contributed by atoms with E-state index < -0.39 is 0 Å². The summed E-state index contributed by atoms with van der Waals surface area (Å²) in [6.07, 6.45) is 2.28. The van der Waals surface area contributed by atoms with Crippen LogP contribution in [0.25, 0.3) is 10.2 Å². The van der Waals surface area contributed by atoms with E-state index in [9.17, 15) is 4.79 Å². The predicted octanol–water partition coefficient (Wildman–Crippen LogP) is 3.34. The van der Waals surface area contributed by atoms with Crippen LogP contribution in [0.2, 0.25) is 0 Å². The van der Waals surface area contributed by atoms with Gasteiger partial charge in [0.2, 0.25) is 11.8 Å². The summed E-state index contributed by atoms with van der Waals surface area (Å²) >= 11 is 2.98. The molecule has 23 heavy (non-hydrogen) atoms. The van der Waals surface area contributed by atoms with Crippen LogP contribution in [-0.4, -0.2) is 19.7 Å². The van der Waals surface area contributed by atoms with Crippen LogP contribution in [0.4, 0.5) is 0 Å². The van der Waals surface area contributed by atoms with Crippen LogP contribution in [0.3, 0.4) is 0 Å². The average Bonchev–Trinajstić information content (AvgIpc) is 3.17. The van der Waals surface area contributed by atoms with Crippen molar-refractivity contribution < 1.29 is 4.42 Å². The second-order valence-corrected chi connectivity index (χ2v) is 7.44. The van der Waals surface area contributed by atoms with Crippen molar-refractivity contribution in [3.63, 3.8) is 0 Å². The lowest BCUT2D eigenvalue weighted by atomic mass is 10.3. The summed E-state index contributed by atoms with van der Waals surface area (Å²) in [4.78, 5) is 18.1. The normalized spacial score (nSPS) is 14.7. The number of hydrogen-bond donors (Lipinski definition) is 0. The van der Waals surface area contributed by atoms with Crippen LogP contribution in [0.5, 0.6) is 0 Å². The largest absolute Gasteiger partial charge is 0.424 e. The summed E-state index contributed by atoms with van der Waals surface area (Å²) in [5.41, 5.74) is 1.02. The van der Waals surface area contributed by atoms with Gasteiger partial charge < -0.3 is 4.42 Å². The van der Waals surface area contributed by atoms with Gasteiger partial charge in [0.15, 0.2) is 5.16 Å². The molecular formula is C15H16N4O2S2. The zero-order chi connectivity index (χ0) is 16.0. The summed E-state index contributed by atoms with van der Waals surface area (Å²) in [7, 11) is 0. The molecule has 0 bridgehead atoms. The van der Waals surface area contributed by atoms with Crippen molar-refractivity contribution in [2.24, 2.45) is 0 Å². The lowest BCUT2D eigenvalue weighted by Gasteiger charge is -2.08. The highest BCUT2D eigenvalue weighted by molar-refractivity contribution is 7.98. The summed E-state index contributed by atoms with van der Waals surface area (Å²) in [6.45, 7) is 4.50. The Labute approximate surface area is 140 Å². The minimum absolute atomic E-state index is 0.0305. The van der Waals surface area contributed by atoms with E-state index >= 15 is 0 Å². The molecule has 0 atom stereocenters. The zero-order valence-corrected chi connectivity index (χ0v) is 14.5. The van der Waals surface area contributed by atoms with Gasteiger partial charge in [-0.3, -0.25) is 9.36 Å². The lowest BCUT2D eigenvalue weighted by Crippen LogP contribution is -2.22. The smallest absolute Gasteiger partial charge is 0.263 e. The predicted molar refractivity (Wildman–Crippen MR) is 90.1 cm³/mol. The summed E-state index contributed by atoms with van der Waals surface area (Å²) in [5.74, 6) is 2.32. The number of nitrogens with zero attached hydrogens (tertiary/aromatic N) is 4. The SMILES string of the molecule is CCn1c(SCc2nnc(C3CC3)o2)nc2scc(C)c2c1=O. The van der Waals surface area contributed by atoms with Crippen molar-refractivity contribution in [1.82, 2.24) is 19.7 Å². The molecule has 4 rings (SSSR count). The third kappa shape index (κ3) is 2.70. The highest BCUT2D eigenvalue weighted by Gasteiger charge is 2.29. The monoisotopic (exact) mass is 348 g/mol. The molecule has 0 unspecified atom stereocenters. The number of aryl methyl sites for hydroxylation is 1. The van der Waals surface area contributed by atoms with Gasteiger partial charge in [-0.25, -0.2) is 4.98 Å². The van der Waals surface area contributed by atoms with E-state index in [1.54, 1.807) is 4.57 Å². The van der Waals surface area contributed by atoms with Crippen molar-refractivity contribution in [2.75, 3.05) is 0 Å². The molecule has 6 nitrogen and oxygen atoms in total. The Kier molecular flexibility index (Phi) is 3.73. The molecule has 1 aliphatic rings. The average molecular weight is 348 g/mol. The van der Waals surface area contributed by atoms with E-state index in [1.165, 1.54) is 23.1 Å². The topological polar surface area (TPSA) is 73.8 Å². The molecule has 0 radical (unpaired) electrons. The Morgan fingerprint density at radius 1 is 1.43 bits per heavy atom. The van der Waals surface area contributed by atoms with Gasteiger partial charge in [0.25, 0.3) is 5.56 Å². The van der Waals surface area contributed by atoms with Gasteiger partial charge in [-0.15, -0.1) is 21.5 Å². The van der Waals surface area contributed by atoms with Gasteiger partial charge in [-0.05, 0) is 37.6 Å². The Balaban J connectivity index is 1.63. The maximum atomic E-state index is 12.6. The number of thiophene rings is 1. The molecule has 0 amide bonds. The fraction of sp³-hybridized carbons (Fsp3) is 0.467. The van der Waals surface area contributed by atoms with Crippen LogP contribution in [-0.2, 0) is 12.3 Å². The third-order valence-electron chi connectivity index (χ3n) is 3.89. The Morgan fingerprint density at radius 3 is 3.00 bits per heavy atom. The van der Waals surface area contributed by atoms with Crippen LogP contribution >= 0.6 is 23.1 Å². The molecule has 8 heteroatoms. The molecular weight excluding hydrogens is 332 g/mol. The second kappa shape index (κ2) is 5.76. The van der Waals surface area contributed by atoms with Gasteiger partial charge in [0.05, 0.1) is 11.1 Å². The van der Waals surface area contributed by atoms with E-state index in [2.05, 4.69) is 15.2 Å². The summed E-state index contributed by atoms with van der Waals surface area (Å²) < 4.78 is 7.38. The number of aromatic nitrogens is 4. The van der Waals surface area contributed by atoms with Crippen LogP contribution in [0, 0.1) is 6.92 Å². The van der Waals surface area contributed by atoms with E-state index in [4.69, 9.17) is 4.42 Å². The van der Waals surface area contributed by atoms with Gasteiger partial charge in [0.1, 0.15) is 4.83 Å². The van der Waals surface area contributed by atoms with Gasteiger partial charge in [0, 0.05) is 12.5 Å². The van der Waals surface area contributed by atoms with E-state index in [0.717, 1.165) is 34.5 Å². The molecule has 0 N–H and O–H groups in total. The van der Waals surface area contributed by atoms with E-state index in [-0.39, 0.29) is 5.56 Å². The molecule has 120 valence electrons. The maximum Gasteiger partial charge on any atom is 0.263 e. The van der Waals surface area contributed by atoms with Crippen molar-refractivity contribution >= 4 is 33.3 Å². The second-order valence-electron chi connectivity index (χ2n) is 5.64. The zero-order valence-electron chi connectivity index (χ0n) is 12.9. The molecule has 3 aromatic heterocycles. The molecule has 0 saturated heterocycles. The number of rotatable bonds is 5. The van der Waals surface area contributed by atoms with Crippen LogP contribution < -0.4 is 5.56 Å². The quantitative estimate of drug-likeness (QED) is 0.520. The molecule has 1 fully saturated rings. The molecule has 0 aromatic carbocycles. The van der Waals surface area contributed by atoms with Crippen molar-refractivity contribution in [3.8, 4) is 0 Å². The molecule has 3 aromatic rings.